The van der Waals surface area contributed by atoms with E-state index in [2.05, 4.69) is 63.4 Å². The van der Waals surface area contributed by atoms with Gasteiger partial charge in [-0.3, -0.25) is 9.98 Å². The fourth-order valence-corrected chi connectivity index (χ4v) is 1.89. The lowest BCUT2D eigenvalue weighted by molar-refractivity contribution is 1.05. The average molecular weight is 326 g/mol. The molecule has 0 spiro atoms. The van der Waals surface area contributed by atoms with Gasteiger partial charge in [-0.05, 0) is 46.7 Å². The fourth-order valence-electron chi connectivity index (χ4n) is 1.29. The predicted molar refractivity (Wildman–Crippen MR) is 79.8 cm³/mol. The van der Waals surface area contributed by atoms with Crippen LogP contribution in [0.3, 0.4) is 0 Å². The van der Waals surface area contributed by atoms with Crippen molar-refractivity contribution in [1.82, 2.24) is 0 Å². The van der Waals surface area contributed by atoms with E-state index in [1.54, 1.807) is 19.5 Å². The van der Waals surface area contributed by atoms with Crippen LogP contribution in [0.25, 0.3) is 0 Å². The van der Waals surface area contributed by atoms with Crippen molar-refractivity contribution in [3.05, 3.63) is 45.6 Å². The van der Waals surface area contributed by atoms with Gasteiger partial charge in [0, 0.05) is 23.0 Å². The van der Waals surface area contributed by atoms with Crippen LogP contribution in [0.4, 0.5) is 0 Å². The Balaban J connectivity index is 2.45. The standard InChI is InChI=1S/C13H15IN2/c1-11(10-16-7-6-15-2)8-12-4-3-5-13(14)9-12/h3-7,9H,1,8,10H2,2H3/b15-6-,16-7-. The quantitative estimate of drug-likeness (QED) is 0.451. The molecule has 1 aromatic carbocycles. The van der Waals surface area contributed by atoms with E-state index in [4.69, 9.17) is 0 Å². The van der Waals surface area contributed by atoms with E-state index in [0.717, 1.165) is 12.0 Å². The number of hydrogen-bond acceptors (Lipinski definition) is 2. The van der Waals surface area contributed by atoms with Gasteiger partial charge in [0.25, 0.3) is 0 Å². The molecule has 2 nitrogen and oxygen atoms in total. The Hall–Kier alpha value is -0.970. The summed E-state index contributed by atoms with van der Waals surface area (Å²) in [6.07, 6.45) is 4.27. The number of halogens is 1. The Kier molecular flexibility index (Phi) is 6.00. The van der Waals surface area contributed by atoms with Gasteiger partial charge in [0.2, 0.25) is 0 Å². The molecule has 0 radical (unpaired) electrons. The summed E-state index contributed by atoms with van der Waals surface area (Å²) in [5.74, 6) is 0. The highest BCUT2D eigenvalue weighted by Gasteiger charge is 1.97. The van der Waals surface area contributed by atoms with Gasteiger partial charge in [-0.25, -0.2) is 0 Å². The highest BCUT2D eigenvalue weighted by molar-refractivity contribution is 14.1. The maximum atomic E-state index is 4.20. The van der Waals surface area contributed by atoms with Crippen molar-refractivity contribution < 1.29 is 0 Å². The third-order valence-electron chi connectivity index (χ3n) is 1.98. The molecule has 0 aromatic heterocycles. The number of rotatable bonds is 5. The molecule has 0 fully saturated rings. The summed E-state index contributed by atoms with van der Waals surface area (Å²) >= 11 is 2.32. The topological polar surface area (TPSA) is 24.7 Å². The van der Waals surface area contributed by atoms with Crippen molar-refractivity contribution in [1.29, 1.82) is 0 Å². The summed E-state index contributed by atoms with van der Waals surface area (Å²) in [5, 5.41) is 0. The summed E-state index contributed by atoms with van der Waals surface area (Å²) in [5.41, 5.74) is 2.40. The number of hydrogen-bond donors (Lipinski definition) is 0. The molecule has 3 heteroatoms. The van der Waals surface area contributed by atoms with Crippen LogP contribution in [-0.2, 0) is 6.42 Å². The van der Waals surface area contributed by atoms with Gasteiger partial charge in [-0.1, -0.05) is 24.3 Å². The molecule has 0 unspecified atom stereocenters. The van der Waals surface area contributed by atoms with Gasteiger partial charge in [0.05, 0.1) is 6.54 Å². The molecule has 16 heavy (non-hydrogen) atoms. The second-order valence-electron chi connectivity index (χ2n) is 3.45. The lowest BCUT2D eigenvalue weighted by atomic mass is 10.1. The van der Waals surface area contributed by atoms with E-state index in [0.29, 0.717) is 6.54 Å². The molecule has 0 atom stereocenters. The zero-order valence-corrected chi connectivity index (χ0v) is 11.5. The zero-order chi connectivity index (χ0) is 11.8. The third kappa shape index (κ3) is 5.21. The molecular weight excluding hydrogens is 311 g/mol. The lowest BCUT2D eigenvalue weighted by Crippen LogP contribution is -1.94. The van der Waals surface area contributed by atoms with Gasteiger partial charge < -0.3 is 0 Å². The van der Waals surface area contributed by atoms with Crippen LogP contribution in [0.1, 0.15) is 5.56 Å². The first-order valence-corrected chi connectivity index (χ1v) is 6.12. The zero-order valence-electron chi connectivity index (χ0n) is 9.36. The Morgan fingerprint density at radius 3 is 2.94 bits per heavy atom. The first-order chi connectivity index (χ1) is 7.72. The molecule has 84 valence electrons. The minimum atomic E-state index is 0.664. The molecule has 0 aliphatic rings. The van der Waals surface area contributed by atoms with Crippen molar-refractivity contribution in [3.8, 4) is 0 Å². The largest absolute Gasteiger partial charge is 0.295 e. The van der Waals surface area contributed by atoms with Crippen LogP contribution in [0, 0.1) is 3.57 Å². The van der Waals surface area contributed by atoms with Gasteiger partial charge in [-0.15, -0.1) is 0 Å². The Morgan fingerprint density at radius 2 is 2.25 bits per heavy atom. The average Bonchev–Trinajstić information content (AvgIpc) is 2.24. The molecule has 1 rings (SSSR count). The number of aliphatic imine (C=N–C) groups is 2. The van der Waals surface area contributed by atoms with Crippen molar-refractivity contribution in [2.24, 2.45) is 9.98 Å². The summed E-state index contributed by atoms with van der Waals surface area (Å²) in [7, 11) is 1.73. The first kappa shape index (κ1) is 13.1. The number of nitrogens with zero attached hydrogens (tertiary/aromatic N) is 2. The molecule has 0 aliphatic heterocycles. The van der Waals surface area contributed by atoms with Crippen molar-refractivity contribution in [2.75, 3.05) is 13.6 Å². The van der Waals surface area contributed by atoms with E-state index in [1.807, 2.05) is 0 Å². The van der Waals surface area contributed by atoms with Crippen molar-refractivity contribution in [3.63, 3.8) is 0 Å². The second-order valence-corrected chi connectivity index (χ2v) is 4.70. The maximum Gasteiger partial charge on any atom is 0.0600 e. The van der Waals surface area contributed by atoms with Crippen molar-refractivity contribution >= 4 is 35.0 Å². The molecule has 1 aromatic rings. The number of benzene rings is 1. The van der Waals surface area contributed by atoms with E-state index in [1.165, 1.54) is 9.13 Å². The van der Waals surface area contributed by atoms with E-state index >= 15 is 0 Å². The molecule has 0 N–H and O–H groups in total. The van der Waals surface area contributed by atoms with Gasteiger partial charge >= 0.3 is 0 Å². The van der Waals surface area contributed by atoms with Crippen molar-refractivity contribution in [2.45, 2.75) is 6.42 Å². The summed E-state index contributed by atoms with van der Waals surface area (Å²) in [6.45, 7) is 4.68. The van der Waals surface area contributed by atoms with E-state index < -0.39 is 0 Å². The van der Waals surface area contributed by atoms with Crippen LogP contribution >= 0.6 is 22.6 Å². The highest BCUT2D eigenvalue weighted by Crippen LogP contribution is 2.11. The smallest absolute Gasteiger partial charge is 0.0600 e. The van der Waals surface area contributed by atoms with Crippen LogP contribution in [0.5, 0.6) is 0 Å². The monoisotopic (exact) mass is 326 g/mol. The predicted octanol–water partition coefficient (Wildman–Crippen LogP) is 3.16. The van der Waals surface area contributed by atoms with E-state index in [-0.39, 0.29) is 0 Å². The van der Waals surface area contributed by atoms with Gasteiger partial charge in [-0.2, -0.15) is 0 Å². The van der Waals surface area contributed by atoms with Crippen LogP contribution in [0.15, 0.2) is 46.4 Å². The molecule has 0 amide bonds. The summed E-state index contributed by atoms with van der Waals surface area (Å²) < 4.78 is 1.25. The Bertz CT molecular complexity index is 408. The molecule has 0 bridgehead atoms. The van der Waals surface area contributed by atoms with Gasteiger partial charge in [0.15, 0.2) is 0 Å². The third-order valence-corrected chi connectivity index (χ3v) is 2.65. The Labute approximate surface area is 110 Å². The highest BCUT2D eigenvalue weighted by atomic mass is 127. The molecule has 0 saturated carbocycles. The Morgan fingerprint density at radius 1 is 1.44 bits per heavy atom. The minimum Gasteiger partial charge on any atom is -0.295 e. The van der Waals surface area contributed by atoms with Gasteiger partial charge in [0.1, 0.15) is 0 Å². The maximum absolute atomic E-state index is 4.20. The molecular formula is C13H15IN2. The molecule has 0 heterocycles. The summed E-state index contributed by atoms with van der Waals surface area (Å²) in [6, 6.07) is 8.44. The lowest BCUT2D eigenvalue weighted by Gasteiger charge is -2.03. The SMILES string of the molecule is C=C(C/N=C\C=N/C)Cc1cccc(I)c1. The fraction of sp³-hybridized carbons (Fsp3) is 0.231. The normalized spacial score (nSPS) is 11.4. The second kappa shape index (κ2) is 7.33. The van der Waals surface area contributed by atoms with E-state index in [9.17, 15) is 0 Å². The van der Waals surface area contributed by atoms with Crippen LogP contribution in [-0.4, -0.2) is 26.0 Å². The molecule has 0 aliphatic carbocycles. The van der Waals surface area contributed by atoms with Crippen LogP contribution in [0.2, 0.25) is 0 Å². The van der Waals surface area contributed by atoms with Crippen LogP contribution < -0.4 is 0 Å². The molecule has 0 saturated heterocycles. The first-order valence-electron chi connectivity index (χ1n) is 5.04. The minimum absolute atomic E-state index is 0.664. The summed E-state index contributed by atoms with van der Waals surface area (Å²) in [4.78, 5) is 8.03.